The number of aryl methyl sites for hydroxylation is 1. The summed E-state index contributed by atoms with van der Waals surface area (Å²) in [6, 6.07) is 5.36. The van der Waals surface area contributed by atoms with Crippen LogP contribution in [0.15, 0.2) is 18.2 Å². The highest BCUT2D eigenvalue weighted by Gasteiger charge is 2.41. The number of rotatable bonds is 4. The van der Waals surface area contributed by atoms with Gasteiger partial charge in [0.1, 0.15) is 5.54 Å². The Morgan fingerprint density at radius 1 is 1.52 bits per heavy atom. The second kappa shape index (κ2) is 6.01. The van der Waals surface area contributed by atoms with E-state index >= 15 is 0 Å². The van der Waals surface area contributed by atoms with E-state index in [0.29, 0.717) is 23.7 Å². The molecule has 1 heterocycles. The third-order valence-electron chi connectivity index (χ3n) is 3.57. The molecule has 6 nitrogen and oxygen atoms in total. The van der Waals surface area contributed by atoms with Crippen molar-refractivity contribution in [3.05, 3.63) is 28.8 Å². The summed E-state index contributed by atoms with van der Waals surface area (Å²) in [7, 11) is 0. The van der Waals surface area contributed by atoms with Crippen molar-refractivity contribution in [2.75, 3.05) is 25.0 Å². The Kier molecular flexibility index (Phi) is 4.51. The SMILES string of the molecule is Cc1ccc(NC(=O)CN2CCC(N)(C(=O)O)C2)c(Cl)c1. The van der Waals surface area contributed by atoms with Crippen LogP contribution in [-0.4, -0.2) is 47.1 Å². The number of likely N-dealkylation sites (tertiary alicyclic amines) is 1. The number of nitrogens with zero attached hydrogens (tertiary/aromatic N) is 1. The van der Waals surface area contributed by atoms with E-state index in [1.165, 1.54) is 0 Å². The van der Waals surface area contributed by atoms with Crippen LogP contribution in [0.1, 0.15) is 12.0 Å². The number of carboxylic acids is 1. The van der Waals surface area contributed by atoms with Crippen molar-refractivity contribution in [3.8, 4) is 0 Å². The topological polar surface area (TPSA) is 95.7 Å². The molecule has 1 aromatic carbocycles. The highest BCUT2D eigenvalue weighted by molar-refractivity contribution is 6.33. The molecule has 0 aromatic heterocycles. The molecule has 0 saturated carbocycles. The maximum absolute atomic E-state index is 12.0. The number of nitrogens with two attached hydrogens (primary N) is 1. The van der Waals surface area contributed by atoms with Crippen molar-refractivity contribution < 1.29 is 14.7 Å². The van der Waals surface area contributed by atoms with Crippen LogP contribution in [0.3, 0.4) is 0 Å². The van der Waals surface area contributed by atoms with Crippen molar-refractivity contribution in [1.29, 1.82) is 0 Å². The number of nitrogens with one attached hydrogen (secondary N) is 1. The lowest BCUT2D eigenvalue weighted by atomic mass is 10.0. The van der Waals surface area contributed by atoms with Gasteiger partial charge in [0.15, 0.2) is 0 Å². The first-order valence-corrected chi connectivity index (χ1v) is 6.98. The Morgan fingerprint density at radius 3 is 2.81 bits per heavy atom. The number of carbonyl (C=O) groups is 2. The zero-order chi connectivity index (χ0) is 15.6. The van der Waals surface area contributed by atoms with Crippen LogP contribution in [-0.2, 0) is 9.59 Å². The van der Waals surface area contributed by atoms with E-state index in [2.05, 4.69) is 5.32 Å². The molecule has 4 N–H and O–H groups in total. The van der Waals surface area contributed by atoms with Crippen molar-refractivity contribution in [2.24, 2.45) is 5.73 Å². The van der Waals surface area contributed by atoms with Gasteiger partial charge in [0.2, 0.25) is 5.91 Å². The predicted octanol–water partition coefficient (Wildman–Crippen LogP) is 1.07. The second-order valence-corrected chi connectivity index (χ2v) is 5.86. The summed E-state index contributed by atoms with van der Waals surface area (Å²) in [5.74, 6) is -1.28. The summed E-state index contributed by atoms with van der Waals surface area (Å²) >= 11 is 6.05. The summed E-state index contributed by atoms with van der Waals surface area (Å²) in [6.45, 7) is 2.65. The number of halogens is 1. The minimum Gasteiger partial charge on any atom is -0.480 e. The molecular formula is C14H18ClN3O3. The zero-order valence-corrected chi connectivity index (χ0v) is 12.5. The summed E-state index contributed by atoms with van der Waals surface area (Å²) in [6.07, 6.45) is 0.334. The average Bonchev–Trinajstić information content (AvgIpc) is 2.76. The van der Waals surface area contributed by atoms with Crippen LogP contribution in [0.5, 0.6) is 0 Å². The van der Waals surface area contributed by atoms with Gasteiger partial charge < -0.3 is 16.2 Å². The fourth-order valence-corrected chi connectivity index (χ4v) is 2.62. The van der Waals surface area contributed by atoms with Crippen molar-refractivity contribution in [2.45, 2.75) is 18.9 Å². The molecule has 1 aromatic rings. The molecule has 1 saturated heterocycles. The Balaban J connectivity index is 1.93. The largest absolute Gasteiger partial charge is 0.480 e. The van der Waals surface area contributed by atoms with Crippen LogP contribution in [0.2, 0.25) is 5.02 Å². The number of hydrogen-bond donors (Lipinski definition) is 3. The maximum atomic E-state index is 12.0. The highest BCUT2D eigenvalue weighted by Crippen LogP contribution is 2.23. The molecule has 1 unspecified atom stereocenters. The van der Waals surface area contributed by atoms with E-state index in [0.717, 1.165) is 5.56 Å². The monoisotopic (exact) mass is 311 g/mol. The Morgan fingerprint density at radius 2 is 2.24 bits per heavy atom. The summed E-state index contributed by atoms with van der Waals surface area (Å²) < 4.78 is 0. The van der Waals surface area contributed by atoms with Crippen LogP contribution in [0.4, 0.5) is 5.69 Å². The van der Waals surface area contributed by atoms with Gasteiger partial charge in [0.25, 0.3) is 0 Å². The van der Waals surface area contributed by atoms with Gasteiger partial charge in [0, 0.05) is 13.1 Å². The Labute approximate surface area is 127 Å². The van der Waals surface area contributed by atoms with Crippen molar-refractivity contribution in [1.82, 2.24) is 4.90 Å². The predicted molar refractivity (Wildman–Crippen MR) is 80.4 cm³/mol. The van der Waals surface area contributed by atoms with Gasteiger partial charge in [0.05, 0.1) is 17.3 Å². The normalized spacial score (nSPS) is 22.2. The molecule has 0 spiro atoms. The van der Waals surface area contributed by atoms with Crippen molar-refractivity contribution in [3.63, 3.8) is 0 Å². The number of amides is 1. The molecule has 21 heavy (non-hydrogen) atoms. The number of aliphatic carboxylic acids is 1. The standard InChI is InChI=1S/C14H18ClN3O3/c1-9-2-3-11(10(15)6-9)17-12(19)7-18-5-4-14(16,8-18)13(20)21/h2-3,6H,4-5,7-8,16H2,1H3,(H,17,19)(H,20,21). The first-order chi connectivity index (χ1) is 9.80. The molecule has 1 fully saturated rings. The molecule has 1 aliphatic heterocycles. The molecule has 2 rings (SSSR count). The fraction of sp³-hybridized carbons (Fsp3) is 0.429. The van der Waals surface area contributed by atoms with Gasteiger partial charge in [-0.25, -0.2) is 0 Å². The molecule has 0 aliphatic carbocycles. The molecule has 7 heteroatoms. The number of carboxylic acid groups (broad SMARTS) is 1. The minimum atomic E-state index is -1.26. The zero-order valence-electron chi connectivity index (χ0n) is 11.7. The lowest BCUT2D eigenvalue weighted by molar-refractivity contribution is -0.143. The van der Waals surface area contributed by atoms with E-state index in [9.17, 15) is 9.59 Å². The van der Waals surface area contributed by atoms with Gasteiger partial charge in [-0.05, 0) is 31.0 Å². The molecule has 114 valence electrons. The first-order valence-electron chi connectivity index (χ1n) is 6.61. The van der Waals surface area contributed by atoms with E-state index in [1.54, 1.807) is 17.0 Å². The van der Waals surface area contributed by atoms with Crippen LogP contribution in [0, 0.1) is 6.92 Å². The first kappa shape index (κ1) is 15.8. The quantitative estimate of drug-likeness (QED) is 0.773. The van der Waals surface area contributed by atoms with Crippen LogP contribution >= 0.6 is 11.6 Å². The van der Waals surface area contributed by atoms with E-state index in [1.807, 2.05) is 13.0 Å². The lowest BCUT2D eigenvalue weighted by Gasteiger charge is -2.19. The fourth-order valence-electron chi connectivity index (χ4n) is 2.34. The van der Waals surface area contributed by atoms with Gasteiger partial charge in [-0.1, -0.05) is 17.7 Å². The smallest absolute Gasteiger partial charge is 0.325 e. The molecule has 1 amide bonds. The highest BCUT2D eigenvalue weighted by atomic mass is 35.5. The second-order valence-electron chi connectivity index (χ2n) is 5.45. The van der Waals surface area contributed by atoms with Crippen LogP contribution < -0.4 is 11.1 Å². The molecule has 0 radical (unpaired) electrons. The van der Waals surface area contributed by atoms with Crippen molar-refractivity contribution >= 4 is 29.2 Å². The molecule has 1 atom stereocenters. The van der Waals surface area contributed by atoms with Gasteiger partial charge >= 0.3 is 5.97 Å². The van der Waals surface area contributed by atoms with Gasteiger partial charge in [-0.15, -0.1) is 0 Å². The maximum Gasteiger partial charge on any atom is 0.325 e. The third kappa shape index (κ3) is 3.72. The summed E-state index contributed by atoms with van der Waals surface area (Å²) in [4.78, 5) is 24.8. The average molecular weight is 312 g/mol. The third-order valence-corrected chi connectivity index (χ3v) is 3.88. The van der Waals surface area contributed by atoms with Gasteiger partial charge in [-0.2, -0.15) is 0 Å². The molecule has 1 aliphatic rings. The Bertz CT molecular complexity index is 579. The minimum absolute atomic E-state index is 0.0937. The van der Waals surface area contributed by atoms with E-state index < -0.39 is 11.5 Å². The number of benzene rings is 1. The number of anilines is 1. The van der Waals surface area contributed by atoms with Crippen LogP contribution in [0.25, 0.3) is 0 Å². The van der Waals surface area contributed by atoms with Gasteiger partial charge in [-0.3, -0.25) is 14.5 Å². The summed E-state index contributed by atoms with van der Waals surface area (Å²) in [5, 5.41) is 12.2. The Hall–Kier alpha value is -1.63. The molecular weight excluding hydrogens is 294 g/mol. The van der Waals surface area contributed by atoms with E-state index in [-0.39, 0.29) is 19.0 Å². The summed E-state index contributed by atoms with van der Waals surface area (Å²) in [5.41, 5.74) is 6.06. The number of carbonyl (C=O) groups excluding carboxylic acids is 1. The number of hydrogen-bond acceptors (Lipinski definition) is 4. The molecule has 0 bridgehead atoms. The lowest BCUT2D eigenvalue weighted by Crippen LogP contribution is -2.50. The van der Waals surface area contributed by atoms with E-state index in [4.69, 9.17) is 22.4 Å².